The first-order chi connectivity index (χ1) is 19.4. The number of methoxy groups -OCH3 is 1. The number of hydrogen-bond acceptors (Lipinski definition) is 8. The van der Waals surface area contributed by atoms with Gasteiger partial charge in [-0.3, -0.25) is 9.52 Å². The van der Waals surface area contributed by atoms with E-state index in [0.717, 1.165) is 5.56 Å². The molecule has 1 amide bonds. The largest absolute Gasteiger partial charge is 0.465 e. The number of nitrogens with zero attached hydrogens (tertiary/aromatic N) is 1. The van der Waals surface area contributed by atoms with Crippen molar-refractivity contribution in [3.05, 3.63) is 93.8 Å². The van der Waals surface area contributed by atoms with Crippen LogP contribution in [0.2, 0.25) is 5.02 Å². The van der Waals surface area contributed by atoms with Crippen molar-refractivity contribution >= 4 is 54.6 Å². The SMILES string of the molecule is COC(=O)c1ccc2nc([C@H](Cc3ccc(C4CC(=O)NS4(=O)=O)cc3)NS(=O)(=O)c3ccc(C)c(Cl)c3)[nH]c2c1. The minimum atomic E-state index is -4.07. The number of amides is 1. The molecule has 41 heavy (non-hydrogen) atoms. The third-order valence-electron chi connectivity index (χ3n) is 6.80. The first kappa shape index (κ1) is 28.7. The number of sulfonamides is 2. The number of hydrogen-bond donors (Lipinski definition) is 3. The standard InChI is InChI=1S/C27H25ClN4O7S2/c1-15-3-9-19(13-20(15)28)40(35,36)31-23(26-29-21-10-8-18(27(34)39-2)12-22(21)30-26)11-16-4-6-17(7-5-16)24-14-25(33)32-41(24,37)38/h3-10,12-13,23-24,31H,11,14H2,1-2H3,(H,29,30)(H,32,33)/t23-,24?/m0/s1. The molecular weight excluding hydrogens is 592 g/mol. The van der Waals surface area contributed by atoms with Crippen molar-refractivity contribution in [2.45, 2.75) is 36.0 Å². The minimum absolute atomic E-state index is 0.0267. The molecule has 1 fully saturated rings. The van der Waals surface area contributed by atoms with Crippen LogP contribution in [0.4, 0.5) is 0 Å². The van der Waals surface area contributed by atoms with Gasteiger partial charge in [-0.15, -0.1) is 0 Å². The van der Waals surface area contributed by atoms with E-state index in [9.17, 15) is 26.4 Å². The van der Waals surface area contributed by atoms with Gasteiger partial charge < -0.3 is 9.72 Å². The van der Waals surface area contributed by atoms with Crippen LogP contribution >= 0.6 is 11.6 Å². The quantitative estimate of drug-likeness (QED) is 0.253. The Morgan fingerprint density at radius 1 is 1.15 bits per heavy atom. The molecule has 1 unspecified atom stereocenters. The number of fused-ring (bicyclic) bond motifs is 1. The predicted molar refractivity (Wildman–Crippen MR) is 151 cm³/mol. The van der Waals surface area contributed by atoms with Crippen molar-refractivity contribution in [3.63, 3.8) is 0 Å². The van der Waals surface area contributed by atoms with Crippen LogP contribution in [0.5, 0.6) is 0 Å². The molecule has 2 heterocycles. The fourth-order valence-corrected chi connectivity index (χ4v) is 7.48. The van der Waals surface area contributed by atoms with E-state index in [-0.39, 0.29) is 17.7 Å². The molecule has 3 N–H and O–H groups in total. The predicted octanol–water partition coefficient (Wildman–Crippen LogP) is 3.46. The summed E-state index contributed by atoms with van der Waals surface area (Å²) in [6.07, 6.45) is -0.0346. The van der Waals surface area contributed by atoms with Crippen LogP contribution in [0.15, 0.2) is 65.6 Å². The normalized spacial score (nSPS) is 17.3. The number of aryl methyl sites for hydroxylation is 1. The van der Waals surface area contributed by atoms with Gasteiger partial charge in [0.1, 0.15) is 11.1 Å². The maximum absolute atomic E-state index is 13.4. The molecule has 0 aliphatic carbocycles. The maximum atomic E-state index is 13.4. The van der Waals surface area contributed by atoms with Crippen LogP contribution in [-0.4, -0.2) is 45.8 Å². The molecule has 11 nitrogen and oxygen atoms in total. The van der Waals surface area contributed by atoms with Gasteiger partial charge in [0.05, 0.1) is 41.1 Å². The zero-order valence-corrected chi connectivity index (χ0v) is 24.2. The molecule has 1 aliphatic heterocycles. The van der Waals surface area contributed by atoms with Gasteiger partial charge in [0.15, 0.2) is 0 Å². The number of carbonyl (C=O) groups excluding carboxylic acids is 2. The van der Waals surface area contributed by atoms with Crippen molar-refractivity contribution in [2.75, 3.05) is 7.11 Å². The van der Waals surface area contributed by atoms with E-state index in [2.05, 4.69) is 14.7 Å². The third kappa shape index (κ3) is 5.98. The molecular formula is C27H25ClN4O7S2. The average Bonchev–Trinajstić information content (AvgIpc) is 3.48. The molecule has 3 aromatic carbocycles. The van der Waals surface area contributed by atoms with Gasteiger partial charge in [-0.1, -0.05) is 41.9 Å². The highest BCUT2D eigenvalue weighted by molar-refractivity contribution is 7.90. The third-order valence-corrected chi connectivity index (χ3v) is 10.4. The lowest BCUT2D eigenvalue weighted by Crippen LogP contribution is -2.31. The van der Waals surface area contributed by atoms with Crippen molar-refractivity contribution in [1.29, 1.82) is 0 Å². The fraction of sp³-hybridized carbons (Fsp3) is 0.222. The molecule has 4 aromatic rings. The van der Waals surface area contributed by atoms with E-state index < -0.39 is 43.2 Å². The number of aromatic nitrogens is 2. The van der Waals surface area contributed by atoms with Gasteiger partial charge in [-0.05, 0) is 60.4 Å². The topological polar surface area (TPSA) is 164 Å². The van der Waals surface area contributed by atoms with E-state index in [1.807, 2.05) is 4.72 Å². The second kappa shape index (κ2) is 10.9. The molecule has 0 radical (unpaired) electrons. The summed E-state index contributed by atoms with van der Waals surface area (Å²) >= 11 is 6.19. The van der Waals surface area contributed by atoms with Crippen LogP contribution in [0, 0.1) is 6.92 Å². The zero-order valence-electron chi connectivity index (χ0n) is 21.8. The molecule has 1 aliphatic rings. The Bertz CT molecular complexity index is 1890. The van der Waals surface area contributed by atoms with Gasteiger partial charge in [0.2, 0.25) is 26.0 Å². The van der Waals surface area contributed by atoms with E-state index in [0.29, 0.717) is 38.6 Å². The summed E-state index contributed by atoms with van der Waals surface area (Å²) in [5.74, 6) is -0.802. The van der Waals surface area contributed by atoms with Gasteiger partial charge >= 0.3 is 5.97 Å². The number of carbonyl (C=O) groups is 2. The summed E-state index contributed by atoms with van der Waals surface area (Å²) in [5, 5.41) is -0.696. The van der Waals surface area contributed by atoms with E-state index in [4.69, 9.17) is 16.3 Å². The average molecular weight is 617 g/mol. The van der Waals surface area contributed by atoms with E-state index in [1.165, 1.54) is 19.2 Å². The van der Waals surface area contributed by atoms with Crippen LogP contribution < -0.4 is 9.44 Å². The zero-order chi connectivity index (χ0) is 29.5. The van der Waals surface area contributed by atoms with Crippen LogP contribution in [-0.2, 0) is 36.0 Å². The number of H-pyrrole nitrogens is 1. The highest BCUT2D eigenvalue weighted by atomic mass is 35.5. The first-order valence-corrected chi connectivity index (χ1v) is 15.8. The number of esters is 1. The monoisotopic (exact) mass is 616 g/mol. The Balaban J connectivity index is 1.50. The lowest BCUT2D eigenvalue weighted by Gasteiger charge is -2.18. The minimum Gasteiger partial charge on any atom is -0.465 e. The number of aromatic amines is 1. The molecule has 214 valence electrons. The van der Waals surface area contributed by atoms with Crippen molar-refractivity contribution in [1.82, 2.24) is 19.4 Å². The summed E-state index contributed by atoms with van der Waals surface area (Å²) in [7, 11) is -6.60. The Morgan fingerprint density at radius 3 is 2.51 bits per heavy atom. The molecule has 1 aromatic heterocycles. The molecule has 0 spiro atoms. The lowest BCUT2D eigenvalue weighted by atomic mass is 10.0. The van der Waals surface area contributed by atoms with E-state index in [1.54, 1.807) is 55.5 Å². The van der Waals surface area contributed by atoms with Gasteiger partial charge in [-0.2, -0.15) is 0 Å². The summed E-state index contributed by atoms with van der Waals surface area (Å²) < 4.78 is 60.8. The first-order valence-electron chi connectivity index (χ1n) is 12.4. The Hall–Kier alpha value is -3.78. The molecule has 5 rings (SSSR count). The summed E-state index contributed by atoms with van der Waals surface area (Å²) in [6, 6.07) is 14.8. The summed E-state index contributed by atoms with van der Waals surface area (Å²) in [5.41, 5.74) is 3.15. The number of imidazole rings is 1. The number of ether oxygens (including phenoxy) is 1. The number of halogens is 1. The van der Waals surface area contributed by atoms with Gasteiger partial charge in [-0.25, -0.2) is 31.3 Å². The number of benzene rings is 3. The van der Waals surface area contributed by atoms with Crippen LogP contribution in [0.25, 0.3) is 11.0 Å². The highest BCUT2D eigenvalue weighted by Gasteiger charge is 2.37. The Kier molecular flexibility index (Phi) is 7.64. The smallest absolute Gasteiger partial charge is 0.337 e. The Labute approximate surface area is 241 Å². The summed E-state index contributed by atoms with van der Waals surface area (Å²) in [6.45, 7) is 1.76. The number of rotatable bonds is 8. The van der Waals surface area contributed by atoms with Crippen LogP contribution in [0.3, 0.4) is 0 Å². The molecule has 14 heteroatoms. The van der Waals surface area contributed by atoms with Gasteiger partial charge in [0, 0.05) is 5.02 Å². The number of nitrogens with one attached hydrogen (secondary N) is 3. The van der Waals surface area contributed by atoms with E-state index >= 15 is 0 Å². The highest BCUT2D eigenvalue weighted by Crippen LogP contribution is 2.31. The van der Waals surface area contributed by atoms with Crippen molar-refractivity contribution in [2.24, 2.45) is 0 Å². The lowest BCUT2D eigenvalue weighted by molar-refractivity contribution is -0.118. The summed E-state index contributed by atoms with van der Waals surface area (Å²) in [4.78, 5) is 31.3. The Morgan fingerprint density at radius 2 is 1.88 bits per heavy atom. The van der Waals surface area contributed by atoms with Crippen molar-refractivity contribution < 1.29 is 31.2 Å². The van der Waals surface area contributed by atoms with Gasteiger partial charge in [0.25, 0.3) is 0 Å². The maximum Gasteiger partial charge on any atom is 0.337 e. The van der Waals surface area contributed by atoms with Crippen molar-refractivity contribution in [3.8, 4) is 0 Å². The fourth-order valence-electron chi connectivity index (χ4n) is 4.58. The molecule has 2 atom stereocenters. The second-order valence-corrected chi connectivity index (χ2v) is 13.6. The van der Waals surface area contributed by atoms with Crippen LogP contribution in [0.1, 0.15) is 50.6 Å². The molecule has 0 bridgehead atoms. The second-order valence-electron chi connectivity index (χ2n) is 9.64. The molecule has 0 saturated carbocycles. The molecule has 1 saturated heterocycles.